The van der Waals surface area contributed by atoms with Gasteiger partial charge < -0.3 is 4.18 Å². The molecule has 9 heavy (non-hydrogen) atoms. The van der Waals surface area contributed by atoms with Crippen molar-refractivity contribution in [3.05, 3.63) is 6.33 Å². The molecule has 0 aliphatic heterocycles. The average molecular weight is 164 g/mol. The van der Waals surface area contributed by atoms with Crippen LogP contribution in [0.15, 0.2) is 6.33 Å². The summed E-state index contributed by atoms with van der Waals surface area (Å²) in [6.07, 6.45) is 2.79. The Morgan fingerprint density at radius 1 is 1.89 bits per heavy atom. The monoisotopic (exact) mass is 164 g/mol. The van der Waals surface area contributed by atoms with Crippen LogP contribution >= 0.6 is 11.5 Å². The van der Waals surface area contributed by atoms with Gasteiger partial charge in [-0.25, -0.2) is 4.21 Å². The van der Waals surface area contributed by atoms with Crippen LogP contribution < -0.4 is 4.18 Å². The van der Waals surface area contributed by atoms with E-state index in [1.54, 1.807) is 0 Å². The lowest BCUT2D eigenvalue weighted by atomic mass is 11.3. The third kappa shape index (κ3) is 2.06. The second-order valence-electron chi connectivity index (χ2n) is 1.19. The smallest absolute Gasteiger partial charge is 0.307 e. The minimum absolute atomic E-state index is 0.343. The van der Waals surface area contributed by atoms with Gasteiger partial charge in [-0.2, -0.15) is 9.36 Å². The highest BCUT2D eigenvalue weighted by atomic mass is 32.2. The van der Waals surface area contributed by atoms with Gasteiger partial charge in [-0.3, -0.25) is 0 Å². The summed E-state index contributed by atoms with van der Waals surface area (Å²) in [7, 11) is 0. The van der Waals surface area contributed by atoms with Crippen LogP contribution in [0.4, 0.5) is 0 Å². The molecule has 0 fully saturated rings. The predicted octanol–water partition coefficient (Wildman–Crippen LogP) is 0.210. The van der Waals surface area contributed by atoms with Crippen LogP contribution in [0, 0.1) is 0 Å². The molecule has 0 saturated heterocycles. The standard InChI is InChI=1S/C3H4N2O2S2/c1-9(6)7-3-4-2-5-8-3/h2H,1H3. The number of aromatic nitrogens is 2. The SMILES string of the molecule is CS(=O)Oc1ncns1. The van der Waals surface area contributed by atoms with E-state index in [2.05, 4.69) is 13.5 Å². The van der Waals surface area contributed by atoms with E-state index < -0.39 is 11.1 Å². The van der Waals surface area contributed by atoms with Crippen LogP contribution in [0.2, 0.25) is 0 Å². The maximum absolute atomic E-state index is 10.3. The molecule has 0 amide bonds. The van der Waals surface area contributed by atoms with Crippen molar-refractivity contribution in [1.82, 2.24) is 9.36 Å². The number of rotatable bonds is 2. The molecule has 0 saturated carbocycles. The van der Waals surface area contributed by atoms with E-state index in [9.17, 15) is 4.21 Å². The second kappa shape index (κ2) is 2.88. The van der Waals surface area contributed by atoms with Crippen LogP contribution in [0.25, 0.3) is 0 Å². The van der Waals surface area contributed by atoms with Crippen molar-refractivity contribution in [2.75, 3.05) is 6.26 Å². The van der Waals surface area contributed by atoms with Crippen molar-refractivity contribution < 1.29 is 8.39 Å². The fourth-order valence-electron chi connectivity index (χ4n) is 0.300. The van der Waals surface area contributed by atoms with Crippen LogP contribution in [0.5, 0.6) is 5.19 Å². The molecule has 1 unspecified atom stereocenters. The van der Waals surface area contributed by atoms with E-state index in [4.69, 9.17) is 0 Å². The first-order valence-corrected chi connectivity index (χ1v) is 4.33. The van der Waals surface area contributed by atoms with Gasteiger partial charge in [0.1, 0.15) is 6.33 Å². The van der Waals surface area contributed by atoms with Gasteiger partial charge in [0.15, 0.2) is 0 Å². The lowest BCUT2D eigenvalue weighted by Crippen LogP contribution is -1.94. The van der Waals surface area contributed by atoms with Crippen molar-refractivity contribution in [3.8, 4) is 5.19 Å². The molecule has 50 valence electrons. The molecule has 0 aromatic carbocycles. The number of nitrogens with zero attached hydrogens (tertiary/aromatic N) is 2. The summed E-state index contributed by atoms with van der Waals surface area (Å²) in [4.78, 5) is 3.65. The van der Waals surface area contributed by atoms with Gasteiger partial charge in [0.25, 0.3) is 0 Å². The zero-order chi connectivity index (χ0) is 6.69. The van der Waals surface area contributed by atoms with Crippen molar-refractivity contribution in [3.63, 3.8) is 0 Å². The Labute approximate surface area is 58.7 Å². The molecular weight excluding hydrogens is 160 g/mol. The fourth-order valence-corrected chi connectivity index (χ4v) is 1.23. The summed E-state index contributed by atoms with van der Waals surface area (Å²) in [5.41, 5.74) is 0. The van der Waals surface area contributed by atoms with Crippen molar-refractivity contribution in [2.45, 2.75) is 0 Å². The third-order valence-corrected chi connectivity index (χ3v) is 1.57. The first-order valence-electron chi connectivity index (χ1n) is 2.07. The molecule has 0 bridgehead atoms. The summed E-state index contributed by atoms with van der Waals surface area (Å²) in [5.74, 6) is 0. The topological polar surface area (TPSA) is 52.1 Å². The predicted molar refractivity (Wildman–Crippen MR) is 34.6 cm³/mol. The summed E-state index contributed by atoms with van der Waals surface area (Å²) < 4.78 is 18.7. The van der Waals surface area contributed by atoms with Gasteiger partial charge in [-0.05, 0) is 0 Å². The van der Waals surface area contributed by atoms with Gasteiger partial charge in [0.2, 0.25) is 11.1 Å². The molecule has 4 nitrogen and oxygen atoms in total. The molecule has 6 heteroatoms. The lowest BCUT2D eigenvalue weighted by Gasteiger charge is -1.89. The van der Waals surface area contributed by atoms with E-state index in [1.807, 2.05) is 0 Å². The molecule has 0 aliphatic rings. The summed E-state index contributed by atoms with van der Waals surface area (Å²) >= 11 is -0.212. The third-order valence-electron chi connectivity index (χ3n) is 0.530. The van der Waals surface area contributed by atoms with Crippen LogP contribution in [0.3, 0.4) is 0 Å². The first kappa shape index (κ1) is 6.63. The molecule has 1 aromatic heterocycles. The molecular formula is C3H4N2O2S2. The van der Waals surface area contributed by atoms with E-state index in [0.29, 0.717) is 5.19 Å². The van der Waals surface area contributed by atoms with E-state index in [1.165, 1.54) is 12.6 Å². The van der Waals surface area contributed by atoms with Gasteiger partial charge in [0.05, 0.1) is 0 Å². The van der Waals surface area contributed by atoms with Gasteiger partial charge in [-0.1, -0.05) is 0 Å². The Balaban J connectivity index is 2.58. The fraction of sp³-hybridized carbons (Fsp3) is 0.333. The zero-order valence-corrected chi connectivity index (χ0v) is 6.24. The van der Waals surface area contributed by atoms with Crippen LogP contribution in [-0.4, -0.2) is 19.8 Å². The molecule has 1 aromatic rings. The summed E-state index contributed by atoms with van der Waals surface area (Å²) in [6.45, 7) is 0. The Kier molecular flexibility index (Phi) is 2.12. The van der Waals surface area contributed by atoms with Gasteiger partial charge in [-0.15, -0.1) is 0 Å². The molecule has 1 rings (SSSR count). The Hall–Kier alpha value is -0.490. The second-order valence-corrected chi connectivity index (χ2v) is 2.90. The quantitative estimate of drug-likeness (QED) is 0.627. The molecule has 0 N–H and O–H groups in total. The van der Waals surface area contributed by atoms with E-state index >= 15 is 0 Å². The van der Waals surface area contributed by atoms with E-state index in [-0.39, 0.29) is 0 Å². The highest BCUT2D eigenvalue weighted by Crippen LogP contribution is 2.10. The number of hydrogen-bond acceptors (Lipinski definition) is 5. The Morgan fingerprint density at radius 2 is 2.67 bits per heavy atom. The normalized spacial score (nSPS) is 13.0. The Morgan fingerprint density at radius 3 is 3.11 bits per heavy atom. The maximum Gasteiger partial charge on any atom is 0.307 e. The van der Waals surface area contributed by atoms with Gasteiger partial charge >= 0.3 is 5.19 Å². The number of hydrogen-bond donors (Lipinski definition) is 0. The van der Waals surface area contributed by atoms with Gasteiger partial charge in [0, 0.05) is 17.8 Å². The van der Waals surface area contributed by atoms with Crippen molar-refractivity contribution in [1.29, 1.82) is 0 Å². The first-order chi connectivity index (χ1) is 4.29. The maximum atomic E-state index is 10.3. The highest BCUT2D eigenvalue weighted by molar-refractivity contribution is 7.79. The molecule has 0 spiro atoms. The largest absolute Gasteiger partial charge is 0.368 e. The Bertz CT molecular complexity index is 198. The average Bonchev–Trinajstić information content (AvgIpc) is 2.15. The van der Waals surface area contributed by atoms with E-state index in [0.717, 1.165) is 11.5 Å². The molecule has 1 heterocycles. The molecule has 0 radical (unpaired) electrons. The summed E-state index contributed by atoms with van der Waals surface area (Å²) in [5, 5.41) is 0.343. The van der Waals surface area contributed by atoms with Crippen LogP contribution in [0.1, 0.15) is 0 Å². The summed E-state index contributed by atoms with van der Waals surface area (Å²) in [6, 6.07) is 0. The van der Waals surface area contributed by atoms with Crippen LogP contribution in [-0.2, 0) is 11.1 Å². The molecule has 1 atom stereocenters. The molecule has 0 aliphatic carbocycles. The highest BCUT2D eigenvalue weighted by Gasteiger charge is 1.97. The van der Waals surface area contributed by atoms with Crippen molar-refractivity contribution in [2.24, 2.45) is 0 Å². The van der Waals surface area contributed by atoms with Crippen molar-refractivity contribution >= 4 is 22.6 Å². The lowest BCUT2D eigenvalue weighted by molar-refractivity contribution is 0.564. The zero-order valence-electron chi connectivity index (χ0n) is 4.60. The minimum Gasteiger partial charge on any atom is -0.368 e. The minimum atomic E-state index is -1.29.